The van der Waals surface area contributed by atoms with Gasteiger partial charge in [0.2, 0.25) is 0 Å². The highest BCUT2D eigenvalue weighted by Gasteiger charge is 2.24. The molecule has 0 atom stereocenters. The minimum Gasteiger partial charge on any atom is -0.360 e. The fourth-order valence-electron chi connectivity index (χ4n) is 2.87. The Hall–Kier alpha value is -1.81. The highest BCUT2D eigenvalue weighted by molar-refractivity contribution is 6.07. The maximum Gasteiger partial charge on any atom is 0.253 e. The van der Waals surface area contributed by atoms with Gasteiger partial charge in [-0.1, -0.05) is 32.9 Å². The lowest BCUT2D eigenvalue weighted by molar-refractivity contribution is 0.0953. The van der Waals surface area contributed by atoms with Crippen LogP contribution in [0.25, 0.3) is 10.9 Å². The van der Waals surface area contributed by atoms with E-state index in [9.17, 15) is 4.79 Å². The maximum absolute atomic E-state index is 12.3. The second-order valence-corrected chi connectivity index (χ2v) is 8.38. The second-order valence-electron chi connectivity index (χ2n) is 8.38. The Morgan fingerprint density at radius 2 is 2.08 bits per heavy atom. The highest BCUT2D eigenvalue weighted by Crippen LogP contribution is 2.24. The van der Waals surface area contributed by atoms with Gasteiger partial charge in [-0.2, -0.15) is 0 Å². The number of carbonyl (C=O) groups excluding carboxylic acids is 1. The van der Waals surface area contributed by atoms with Crippen LogP contribution in [0.2, 0.25) is 0 Å². The molecule has 1 heterocycles. The van der Waals surface area contributed by atoms with Crippen LogP contribution in [-0.4, -0.2) is 35.4 Å². The van der Waals surface area contributed by atoms with E-state index in [0.717, 1.165) is 42.4 Å². The summed E-state index contributed by atoms with van der Waals surface area (Å²) in [5.41, 5.74) is 3.43. The summed E-state index contributed by atoms with van der Waals surface area (Å²) in [4.78, 5) is 17.9. The lowest BCUT2D eigenvalue weighted by Crippen LogP contribution is -2.25. The molecule has 1 aromatic carbocycles. The monoisotopic (exact) mass is 327 g/mol. The molecular weight excluding hydrogens is 298 g/mol. The highest BCUT2D eigenvalue weighted by atomic mass is 16.1. The van der Waals surface area contributed by atoms with Crippen LogP contribution in [0.3, 0.4) is 0 Å². The van der Waals surface area contributed by atoms with E-state index in [0.29, 0.717) is 11.5 Å². The predicted molar refractivity (Wildman–Crippen MR) is 99.2 cm³/mol. The molecule has 4 nitrogen and oxygen atoms in total. The Morgan fingerprint density at radius 3 is 2.75 bits per heavy atom. The van der Waals surface area contributed by atoms with E-state index in [1.165, 1.54) is 12.0 Å². The third kappa shape index (κ3) is 4.38. The van der Waals surface area contributed by atoms with Crippen LogP contribution >= 0.6 is 0 Å². The van der Waals surface area contributed by atoms with Gasteiger partial charge in [-0.25, -0.2) is 0 Å². The lowest BCUT2D eigenvalue weighted by Gasteiger charge is -2.23. The average Bonchev–Trinajstić information content (AvgIpc) is 3.21. The zero-order valence-corrected chi connectivity index (χ0v) is 15.3. The quantitative estimate of drug-likeness (QED) is 0.844. The van der Waals surface area contributed by atoms with Gasteiger partial charge >= 0.3 is 0 Å². The number of hydrogen-bond donors (Lipinski definition) is 2. The van der Waals surface area contributed by atoms with Crippen molar-refractivity contribution in [3.05, 3.63) is 35.5 Å². The van der Waals surface area contributed by atoms with Crippen molar-refractivity contribution in [3.8, 4) is 0 Å². The fourth-order valence-corrected chi connectivity index (χ4v) is 2.87. The number of hydrogen-bond acceptors (Lipinski definition) is 2. The summed E-state index contributed by atoms with van der Waals surface area (Å²) in [6.07, 6.45) is 5.23. The molecule has 0 radical (unpaired) electrons. The molecule has 4 heteroatoms. The number of nitrogens with one attached hydrogen (secondary N) is 2. The molecule has 1 amide bonds. The Bertz CT molecular complexity index is 722. The molecule has 1 aliphatic rings. The van der Waals surface area contributed by atoms with E-state index in [2.05, 4.69) is 61.2 Å². The van der Waals surface area contributed by atoms with Crippen molar-refractivity contribution in [1.29, 1.82) is 0 Å². The molecule has 1 saturated carbocycles. The van der Waals surface area contributed by atoms with E-state index < -0.39 is 0 Å². The van der Waals surface area contributed by atoms with Crippen molar-refractivity contribution in [1.82, 2.24) is 15.2 Å². The molecule has 0 spiro atoms. The molecule has 2 aromatic rings. The molecule has 2 N–H and O–H groups in total. The summed E-state index contributed by atoms with van der Waals surface area (Å²) >= 11 is 0. The van der Waals surface area contributed by atoms with E-state index >= 15 is 0 Å². The number of nitrogens with zero attached hydrogens (tertiary/aromatic N) is 1. The van der Waals surface area contributed by atoms with Crippen LogP contribution < -0.4 is 5.32 Å². The summed E-state index contributed by atoms with van der Waals surface area (Å²) in [7, 11) is 2.17. The van der Waals surface area contributed by atoms with Gasteiger partial charge in [0.05, 0.1) is 5.56 Å². The second kappa shape index (κ2) is 6.60. The third-order valence-corrected chi connectivity index (χ3v) is 4.60. The molecule has 1 fully saturated rings. The van der Waals surface area contributed by atoms with Gasteiger partial charge in [0.25, 0.3) is 5.91 Å². The molecule has 1 aromatic heterocycles. The van der Waals surface area contributed by atoms with Crippen LogP contribution in [0.4, 0.5) is 0 Å². The van der Waals surface area contributed by atoms with Crippen LogP contribution in [0, 0.1) is 5.41 Å². The van der Waals surface area contributed by atoms with Crippen LogP contribution in [0.5, 0.6) is 0 Å². The molecular formula is C20H29N3O. The fraction of sp³-hybridized carbons (Fsp3) is 0.550. The van der Waals surface area contributed by atoms with Crippen LogP contribution in [0.1, 0.15) is 56.0 Å². The van der Waals surface area contributed by atoms with E-state index in [4.69, 9.17) is 0 Å². The summed E-state index contributed by atoms with van der Waals surface area (Å²) < 4.78 is 0. The van der Waals surface area contributed by atoms with Crippen molar-refractivity contribution in [2.24, 2.45) is 5.41 Å². The summed E-state index contributed by atoms with van der Waals surface area (Å²) in [6.45, 7) is 8.84. The topological polar surface area (TPSA) is 48.1 Å². The number of H-pyrrole nitrogens is 1. The summed E-state index contributed by atoms with van der Waals surface area (Å²) in [5.74, 6) is 0.0406. The third-order valence-electron chi connectivity index (χ3n) is 4.60. The number of carbonyl (C=O) groups is 1. The summed E-state index contributed by atoms with van der Waals surface area (Å²) in [5, 5.41) is 4.07. The van der Waals surface area contributed by atoms with Crippen molar-refractivity contribution in [2.45, 2.75) is 52.6 Å². The van der Waals surface area contributed by atoms with Crippen molar-refractivity contribution >= 4 is 16.8 Å². The van der Waals surface area contributed by atoms with Crippen molar-refractivity contribution < 1.29 is 4.79 Å². The van der Waals surface area contributed by atoms with Gasteiger partial charge in [0, 0.05) is 29.7 Å². The van der Waals surface area contributed by atoms with Gasteiger partial charge in [-0.05, 0) is 49.9 Å². The SMILES string of the molecule is CN(CCC(C)(C)C)Cc1ccc2c(C(=O)NC3CC3)c[nH]c2c1. The first-order chi connectivity index (χ1) is 11.3. The first kappa shape index (κ1) is 17.0. The molecule has 24 heavy (non-hydrogen) atoms. The number of aromatic nitrogens is 1. The molecule has 3 rings (SSSR count). The minimum absolute atomic E-state index is 0.0406. The van der Waals surface area contributed by atoms with Gasteiger partial charge < -0.3 is 15.2 Å². The summed E-state index contributed by atoms with van der Waals surface area (Å²) in [6, 6.07) is 6.76. The normalized spacial score (nSPS) is 15.2. The van der Waals surface area contributed by atoms with Gasteiger partial charge in [0.1, 0.15) is 0 Å². The van der Waals surface area contributed by atoms with E-state index in [1.54, 1.807) is 0 Å². The predicted octanol–water partition coefficient (Wildman–Crippen LogP) is 3.93. The Kier molecular flexibility index (Phi) is 4.68. The number of fused-ring (bicyclic) bond motifs is 1. The van der Waals surface area contributed by atoms with Gasteiger partial charge in [-0.15, -0.1) is 0 Å². The maximum atomic E-state index is 12.3. The van der Waals surface area contributed by atoms with Gasteiger partial charge in [0.15, 0.2) is 0 Å². The molecule has 0 saturated heterocycles. The number of amides is 1. The first-order valence-corrected chi connectivity index (χ1v) is 8.91. The number of aromatic amines is 1. The Morgan fingerprint density at radius 1 is 1.33 bits per heavy atom. The Balaban J connectivity index is 1.67. The molecule has 0 aliphatic heterocycles. The van der Waals surface area contributed by atoms with Crippen LogP contribution in [-0.2, 0) is 6.54 Å². The minimum atomic E-state index is 0.0406. The van der Waals surface area contributed by atoms with E-state index in [1.807, 2.05) is 6.20 Å². The standard InChI is InChI=1S/C20H29N3O/c1-20(2,3)9-10-23(4)13-14-5-8-16-17(12-21-18(16)11-14)19(24)22-15-6-7-15/h5,8,11-12,15,21H,6-7,9-10,13H2,1-4H3,(H,22,24). The van der Waals surface area contributed by atoms with E-state index in [-0.39, 0.29) is 5.91 Å². The van der Waals surface area contributed by atoms with Crippen molar-refractivity contribution in [3.63, 3.8) is 0 Å². The molecule has 0 unspecified atom stereocenters. The average molecular weight is 327 g/mol. The smallest absolute Gasteiger partial charge is 0.253 e. The molecule has 130 valence electrons. The lowest BCUT2D eigenvalue weighted by atomic mass is 9.92. The first-order valence-electron chi connectivity index (χ1n) is 8.91. The zero-order valence-electron chi connectivity index (χ0n) is 15.3. The Labute approximate surface area is 144 Å². The number of benzene rings is 1. The van der Waals surface area contributed by atoms with Gasteiger partial charge in [-0.3, -0.25) is 4.79 Å². The number of rotatable bonds is 6. The largest absolute Gasteiger partial charge is 0.360 e. The molecule has 1 aliphatic carbocycles. The molecule has 0 bridgehead atoms. The van der Waals surface area contributed by atoms with Crippen LogP contribution in [0.15, 0.2) is 24.4 Å². The zero-order chi connectivity index (χ0) is 17.3. The van der Waals surface area contributed by atoms with Crippen molar-refractivity contribution in [2.75, 3.05) is 13.6 Å².